The summed E-state index contributed by atoms with van der Waals surface area (Å²) in [6.45, 7) is 1.92. The maximum atomic E-state index is 9.80. The van der Waals surface area contributed by atoms with Gasteiger partial charge in [-0.25, -0.2) is 0 Å². The van der Waals surface area contributed by atoms with Crippen molar-refractivity contribution in [3.63, 3.8) is 0 Å². The molecule has 2 rings (SSSR count). The third kappa shape index (κ3) is 5.50. The summed E-state index contributed by atoms with van der Waals surface area (Å²) in [6, 6.07) is 10.3. The van der Waals surface area contributed by atoms with E-state index >= 15 is 0 Å². The van der Waals surface area contributed by atoms with Crippen molar-refractivity contribution in [1.82, 2.24) is 5.32 Å². The Morgan fingerprint density at radius 3 is 2.65 bits per heavy atom. The standard InChI is InChI=1S/C13H19NO2.ClH/c15-13(11-4-2-1-3-5-11)10-16-9-8-14-12-6-7-12;/h1-5,12-15H,6-10H2;1H. The molecule has 1 fully saturated rings. The Hall–Kier alpha value is -0.610. The number of ether oxygens (including phenoxy) is 1. The zero-order chi connectivity index (χ0) is 11.2. The summed E-state index contributed by atoms with van der Waals surface area (Å²) in [4.78, 5) is 0. The summed E-state index contributed by atoms with van der Waals surface area (Å²) in [5, 5.41) is 13.2. The van der Waals surface area contributed by atoms with Gasteiger partial charge in [0.1, 0.15) is 6.10 Å². The maximum absolute atomic E-state index is 9.80. The molecule has 0 radical (unpaired) electrons. The summed E-state index contributed by atoms with van der Waals surface area (Å²) in [5.41, 5.74) is 0.914. The molecule has 2 N–H and O–H groups in total. The Bertz CT molecular complexity index is 304. The number of aliphatic hydroxyl groups excluding tert-OH is 1. The van der Waals surface area contributed by atoms with Crippen LogP contribution in [0.3, 0.4) is 0 Å². The van der Waals surface area contributed by atoms with Crippen molar-refractivity contribution < 1.29 is 9.84 Å². The highest BCUT2D eigenvalue weighted by atomic mass is 35.5. The van der Waals surface area contributed by atoms with Crippen LogP contribution in [0.25, 0.3) is 0 Å². The van der Waals surface area contributed by atoms with Crippen LogP contribution < -0.4 is 5.32 Å². The Morgan fingerprint density at radius 1 is 1.29 bits per heavy atom. The summed E-state index contributed by atoms with van der Waals surface area (Å²) >= 11 is 0. The smallest absolute Gasteiger partial charge is 0.102 e. The van der Waals surface area contributed by atoms with Crippen LogP contribution in [0.5, 0.6) is 0 Å². The molecular weight excluding hydrogens is 238 g/mol. The second kappa shape index (κ2) is 7.67. The fourth-order valence-corrected chi connectivity index (χ4v) is 1.59. The van der Waals surface area contributed by atoms with Gasteiger partial charge in [-0.15, -0.1) is 12.4 Å². The molecule has 1 aromatic carbocycles. The molecule has 96 valence electrons. The minimum atomic E-state index is -0.512. The topological polar surface area (TPSA) is 41.5 Å². The predicted octanol–water partition coefficient (Wildman–Crippen LogP) is 1.91. The van der Waals surface area contributed by atoms with Crippen molar-refractivity contribution in [2.45, 2.75) is 25.0 Å². The summed E-state index contributed by atoms with van der Waals surface area (Å²) in [7, 11) is 0. The first-order chi connectivity index (χ1) is 7.86. The molecule has 1 saturated carbocycles. The molecule has 0 amide bonds. The van der Waals surface area contributed by atoms with E-state index in [1.165, 1.54) is 12.8 Å². The van der Waals surface area contributed by atoms with Crippen LogP contribution in [-0.4, -0.2) is 30.9 Å². The molecule has 0 heterocycles. The van der Waals surface area contributed by atoms with Gasteiger partial charge < -0.3 is 15.2 Å². The normalized spacial score (nSPS) is 16.3. The molecule has 0 aliphatic heterocycles. The van der Waals surface area contributed by atoms with Crippen LogP contribution in [0.2, 0.25) is 0 Å². The monoisotopic (exact) mass is 257 g/mol. The number of hydrogen-bond acceptors (Lipinski definition) is 3. The van der Waals surface area contributed by atoms with Crippen molar-refractivity contribution in [1.29, 1.82) is 0 Å². The Balaban J connectivity index is 0.00000144. The zero-order valence-electron chi connectivity index (χ0n) is 9.84. The van der Waals surface area contributed by atoms with E-state index in [-0.39, 0.29) is 12.4 Å². The van der Waals surface area contributed by atoms with Crippen LogP contribution in [0.4, 0.5) is 0 Å². The van der Waals surface area contributed by atoms with Gasteiger partial charge in [-0.05, 0) is 18.4 Å². The summed E-state index contributed by atoms with van der Waals surface area (Å²) in [6.07, 6.45) is 2.08. The molecular formula is C13H20ClNO2. The van der Waals surface area contributed by atoms with Gasteiger partial charge in [0.05, 0.1) is 13.2 Å². The van der Waals surface area contributed by atoms with Crippen LogP contribution in [0.1, 0.15) is 24.5 Å². The van der Waals surface area contributed by atoms with Gasteiger partial charge in [-0.3, -0.25) is 0 Å². The molecule has 0 bridgehead atoms. The summed E-state index contributed by atoms with van der Waals surface area (Å²) in [5.74, 6) is 0. The predicted molar refractivity (Wildman–Crippen MR) is 70.5 cm³/mol. The molecule has 1 aromatic rings. The van der Waals surface area contributed by atoms with Crippen molar-refractivity contribution in [3.05, 3.63) is 35.9 Å². The molecule has 3 nitrogen and oxygen atoms in total. The quantitative estimate of drug-likeness (QED) is 0.734. The lowest BCUT2D eigenvalue weighted by Gasteiger charge is -2.11. The lowest BCUT2D eigenvalue weighted by Crippen LogP contribution is -2.22. The molecule has 0 spiro atoms. The number of benzene rings is 1. The van der Waals surface area contributed by atoms with Crippen molar-refractivity contribution in [3.8, 4) is 0 Å². The van der Waals surface area contributed by atoms with Crippen LogP contribution in [0, 0.1) is 0 Å². The lowest BCUT2D eigenvalue weighted by atomic mass is 10.1. The number of hydrogen-bond donors (Lipinski definition) is 2. The Labute approximate surface area is 109 Å². The molecule has 17 heavy (non-hydrogen) atoms. The van der Waals surface area contributed by atoms with Crippen molar-refractivity contribution in [2.24, 2.45) is 0 Å². The Morgan fingerprint density at radius 2 is 2.00 bits per heavy atom. The van der Waals surface area contributed by atoms with Crippen molar-refractivity contribution in [2.75, 3.05) is 19.8 Å². The van der Waals surface area contributed by atoms with Gasteiger partial charge in [-0.2, -0.15) is 0 Å². The second-order valence-electron chi connectivity index (χ2n) is 4.23. The molecule has 0 aromatic heterocycles. The van der Waals surface area contributed by atoms with E-state index in [1.807, 2.05) is 30.3 Å². The van der Waals surface area contributed by atoms with E-state index in [2.05, 4.69) is 5.32 Å². The number of halogens is 1. The highest BCUT2D eigenvalue weighted by Gasteiger charge is 2.19. The maximum Gasteiger partial charge on any atom is 0.102 e. The first-order valence-corrected chi connectivity index (χ1v) is 5.90. The fourth-order valence-electron chi connectivity index (χ4n) is 1.59. The fraction of sp³-hybridized carbons (Fsp3) is 0.538. The molecule has 1 aliphatic rings. The van der Waals surface area contributed by atoms with E-state index in [4.69, 9.17) is 4.74 Å². The van der Waals surface area contributed by atoms with E-state index in [1.54, 1.807) is 0 Å². The molecule has 4 heteroatoms. The molecule has 1 unspecified atom stereocenters. The molecule has 1 aliphatic carbocycles. The molecule has 0 saturated heterocycles. The van der Waals surface area contributed by atoms with Gasteiger partial charge in [0, 0.05) is 12.6 Å². The van der Waals surface area contributed by atoms with Gasteiger partial charge in [0.15, 0.2) is 0 Å². The first-order valence-electron chi connectivity index (χ1n) is 5.90. The van der Waals surface area contributed by atoms with Crippen LogP contribution >= 0.6 is 12.4 Å². The average Bonchev–Trinajstić information content (AvgIpc) is 3.13. The summed E-state index contributed by atoms with van der Waals surface area (Å²) < 4.78 is 5.42. The van der Waals surface area contributed by atoms with E-state index in [0.29, 0.717) is 13.2 Å². The third-order valence-electron chi connectivity index (χ3n) is 2.72. The van der Waals surface area contributed by atoms with Crippen LogP contribution in [-0.2, 0) is 4.74 Å². The number of rotatable bonds is 7. The van der Waals surface area contributed by atoms with E-state index < -0.39 is 6.10 Å². The van der Waals surface area contributed by atoms with Gasteiger partial charge in [0.25, 0.3) is 0 Å². The van der Waals surface area contributed by atoms with Gasteiger partial charge in [-0.1, -0.05) is 30.3 Å². The van der Waals surface area contributed by atoms with Gasteiger partial charge >= 0.3 is 0 Å². The highest BCUT2D eigenvalue weighted by molar-refractivity contribution is 5.85. The molecule has 1 atom stereocenters. The first kappa shape index (κ1) is 14.5. The van der Waals surface area contributed by atoms with Crippen molar-refractivity contribution >= 4 is 12.4 Å². The largest absolute Gasteiger partial charge is 0.386 e. The van der Waals surface area contributed by atoms with E-state index in [9.17, 15) is 5.11 Å². The number of nitrogens with one attached hydrogen (secondary N) is 1. The Kier molecular flexibility index (Phi) is 6.52. The highest BCUT2D eigenvalue weighted by Crippen LogP contribution is 2.18. The van der Waals surface area contributed by atoms with E-state index in [0.717, 1.165) is 18.2 Å². The third-order valence-corrected chi connectivity index (χ3v) is 2.72. The SMILES string of the molecule is Cl.OC(COCCNC1CC1)c1ccccc1. The lowest BCUT2D eigenvalue weighted by molar-refractivity contribution is 0.0373. The van der Waals surface area contributed by atoms with Crippen LogP contribution in [0.15, 0.2) is 30.3 Å². The van der Waals surface area contributed by atoms with Gasteiger partial charge in [0.2, 0.25) is 0 Å². The minimum absolute atomic E-state index is 0. The zero-order valence-corrected chi connectivity index (χ0v) is 10.7. The average molecular weight is 258 g/mol. The minimum Gasteiger partial charge on any atom is -0.386 e. The second-order valence-corrected chi connectivity index (χ2v) is 4.23. The number of aliphatic hydroxyl groups is 1.